The van der Waals surface area contributed by atoms with Crippen LogP contribution in [0, 0.1) is 10.5 Å². The monoisotopic (exact) mass is 379 g/mol. The Morgan fingerprint density at radius 3 is 2.37 bits per heavy atom. The van der Waals surface area contributed by atoms with E-state index in [1.807, 2.05) is 22.6 Å². The molecule has 0 bridgehead atoms. The number of halogens is 4. The maximum Gasteiger partial charge on any atom is 0.416 e. The van der Waals surface area contributed by atoms with Gasteiger partial charge in [-0.05, 0) is 47.2 Å². The first kappa shape index (κ1) is 14.0. The van der Waals surface area contributed by atoms with Crippen LogP contribution >= 0.6 is 22.6 Å². The second kappa shape index (κ2) is 5.32. The Labute approximate surface area is 121 Å². The predicted octanol–water partition coefficient (Wildman–Crippen LogP) is 4.15. The van der Waals surface area contributed by atoms with Gasteiger partial charge in [0.25, 0.3) is 0 Å². The van der Waals surface area contributed by atoms with Crippen LogP contribution in [-0.2, 0) is 6.18 Å². The van der Waals surface area contributed by atoms with Gasteiger partial charge in [0.15, 0.2) is 0 Å². The number of benzene rings is 1. The van der Waals surface area contributed by atoms with E-state index in [9.17, 15) is 13.2 Å². The minimum absolute atomic E-state index is 0.267. The normalized spacial score (nSPS) is 11.4. The minimum atomic E-state index is -4.36. The lowest BCUT2D eigenvalue weighted by Crippen LogP contribution is -2.06. The van der Waals surface area contributed by atoms with Gasteiger partial charge < -0.3 is 5.32 Å². The number of nitrogens with one attached hydrogen (secondary N) is 1. The maximum absolute atomic E-state index is 12.6. The molecule has 2 aromatic rings. The second-order valence-corrected chi connectivity index (χ2v) is 5.12. The lowest BCUT2D eigenvalue weighted by molar-refractivity contribution is -0.137. The molecule has 0 aliphatic carbocycles. The van der Waals surface area contributed by atoms with E-state index in [2.05, 4.69) is 15.3 Å². The summed E-state index contributed by atoms with van der Waals surface area (Å²) in [6, 6.07) is 3.52. The molecule has 0 fully saturated rings. The van der Waals surface area contributed by atoms with Crippen molar-refractivity contribution in [2.24, 2.45) is 0 Å². The van der Waals surface area contributed by atoms with E-state index in [1.165, 1.54) is 6.07 Å². The average Bonchev–Trinajstić information content (AvgIpc) is 2.33. The summed E-state index contributed by atoms with van der Waals surface area (Å²) in [5, 5.41) is 2.79. The number of hydrogen-bond donors (Lipinski definition) is 1. The molecule has 1 N–H and O–H groups in total. The van der Waals surface area contributed by atoms with Crippen LogP contribution in [0.1, 0.15) is 11.1 Å². The molecular formula is C12H9F3IN3. The summed E-state index contributed by atoms with van der Waals surface area (Å²) in [5.41, 5.74) is 0.331. The van der Waals surface area contributed by atoms with Crippen LogP contribution in [0.5, 0.6) is 0 Å². The molecule has 0 aliphatic heterocycles. The molecule has 2 rings (SSSR count). The molecule has 1 aromatic heterocycles. The highest BCUT2D eigenvalue weighted by Gasteiger charge is 2.30. The smallest absolute Gasteiger partial charge is 0.324 e. The average molecular weight is 379 g/mol. The SMILES string of the molecule is Cc1ccc(C(F)(F)F)cc1Nc1ncc(I)cn1. The van der Waals surface area contributed by atoms with E-state index in [4.69, 9.17) is 0 Å². The number of hydrogen-bond acceptors (Lipinski definition) is 3. The standard InChI is InChI=1S/C12H9F3IN3/c1-7-2-3-8(12(13,14)15)4-10(7)19-11-17-5-9(16)6-18-11/h2-6H,1H3,(H,17,18,19). The van der Waals surface area contributed by atoms with Crippen molar-refractivity contribution in [3.05, 3.63) is 45.3 Å². The molecule has 0 atom stereocenters. The fourth-order valence-electron chi connectivity index (χ4n) is 1.43. The predicted molar refractivity (Wildman–Crippen MR) is 74.2 cm³/mol. The quantitative estimate of drug-likeness (QED) is 0.797. The largest absolute Gasteiger partial charge is 0.416 e. The van der Waals surface area contributed by atoms with Gasteiger partial charge in [0.2, 0.25) is 5.95 Å². The van der Waals surface area contributed by atoms with Crippen molar-refractivity contribution < 1.29 is 13.2 Å². The molecular weight excluding hydrogens is 370 g/mol. The molecule has 0 saturated carbocycles. The fourth-order valence-corrected chi connectivity index (χ4v) is 1.71. The first-order valence-corrected chi connectivity index (χ1v) is 6.36. The van der Waals surface area contributed by atoms with Crippen molar-refractivity contribution in [3.63, 3.8) is 0 Å². The number of anilines is 2. The Balaban J connectivity index is 2.31. The third kappa shape index (κ3) is 3.55. The number of rotatable bonds is 2. The van der Waals surface area contributed by atoms with Crippen LogP contribution in [-0.4, -0.2) is 9.97 Å². The Morgan fingerprint density at radius 2 is 1.79 bits per heavy atom. The third-order valence-electron chi connectivity index (χ3n) is 2.43. The zero-order chi connectivity index (χ0) is 14.0. The van der Waals surface area contributed by atoms with Crippen LogP contribution in [0.4, 0.5) is 24.8 Å². The molecule has 19 heavy (non-hydrogen) atoms. The van der Waals surface area contributed by atoms with Crippen LogP contribution < -0.4 is 5.32 Å². The molecule has 0 radical (unpaired) electrons. The van der Waals surface area contributed by atoms with Gasteiger partial charge in [-0.2, -0.15) is 13.2 Å². The van der Waals surface area contributed by atoms with E-state index < -0.39 is 11.7 Å². The van der Waals surface area contributed by atoms with Gasteiger partial charge in [0.1, 0.15) is 0 Å². The summed E-state index contributed by atoms with van der Waals surface area (Å²) in [7, 11) is 0. The summed E-state index contributed by atoms with van der Waals surface area (Å²) in [4.78, 5) is 7.99. The molecule has 0 amide bonds. The molecule has 0 spiro atoms. The van der Waals surface area contributed by atoms with E-state index in [0.29, 0.717) is 11.3 Å². The number of aromatic nitrogens is 2. The van der Waals surface area contributed by atoms with Crippen molar-refractivity contribution in [1.82, 2.24) is 9.97 Å². The van der Waals surface area contributed by atoms with Crippen molar-refractivity contribution in [3.8, 4) is 0 Å². The Bertz CT molecular complexity index is 582. The number of aryl methyl sites for hydroxylation is 1. The Morgan fingerprint density at radius 1 is 1.16 bits per heavy atom. The summed E-state index contributed by atoms with van der Waals surface area (Å²) in [5.74, 6) is 0.267. The van der Waals surface area contributed by atoms with Gasteiger partial charge in [0, 0.05) is 21.7 Å². The van der Waals surface area contributed by atoms with Gasteiger partial charge >= 0.3 is 6.18 Å². The zero-order valence-corrected chi connectivity index (χ0v) is 12.0. The Kier molecular flexibility index (Phi) is 3.93. The van der Waals surface area contributed by atoms with Crippen LogP contribution in [0.2, 0.25) is 0 Å². The first-order chi connectivity index (χ1) is 8.86. The van der Waals surface area contributed by atoms with Crippen LogP contribution in [0.15, 0.2) is 30.6 Å². The van der Waals surface area contributed by atoms with E-state index in [1.54, 1.807) is 19.3 Å². The van der Waals surface area contributed by atoms with Crippen molar-refractivity contribution in [2.45, 2.75) is 13.1 Å². The highest BCUT2D eigenvalue weighted by Crippen LogP contribution is 2.32. The van der Waals surface area contributed by atoms with Crippen LogP contribution in [0.25, 0.3) is 0 Å². The highest BCUT2D eigenvalue weighted by atomic mass is 127. The van der Waals surface area contributed by atoms with Gasteiger partial charge in [-0.1, -0.05) is 6.07 Å². The third-order valence-corrected chi connectivity index (χ3v) is 2.99. The van der Waals surface area contributed by atoms with E-state index >= 15 is 0 Å². The van der Waals surface area contributed by atoms with Crippen molar-refractivity contribution in [2.75, 3.05) is 5.32 Å². The van der Waals surface area contributed by atoms with Crippen molar-refractivity contribution in [1.29, 1.82) is 0 Å². The van der Waals surface area contributed by atoms with Crippen molar-refractivity contribution >= 4 is 34.2 Å². The summed E-state index contributed by atoms with van der Waals surface area (Å²) in [6.45, 7) is 1.72. The summed E-state index contributed by atoms with van der Waals surface area (Å²) in [6.07, 6.45) is -1.20. The molecule has 7 heteroatoms. The molecule has 100 valence electrons. The van der Waals surface area contributed by atoms with Gasteiger partial charge in [-0.3, -0.25) is 0 Å². The number of nitrogens with zero attached hydrogens (tertiary/aromatic N) is 2. The molecule has 3 nitrogen and oxygen atoms in total. The Hall–Kier alpha value is -1.38. The first-order valence-electron chi connectivity index (χ1n) is 5.28. The molecule has 0 saturated heterocycles. The molecule has 1 heterocycles. The summed E-state index contributed by atoms with van der Waals surface area (Å²) < 4.78 is 38.7. The highest BCUT2D eigenvalue weighted by molar-refractivity contribution is 14.1. The lowest BCUT2D eigenvalue weighted by Gasteiger charge is -2.12. The molecule has 0 aliphatic rings. The molecule has 0 unspecified atom stereocenters. The van der Waals surface area contributed by atoms with E-state index in [0.717, 1.165) is 15.7 Å². The maximum atomic E-state index is 12.6. The fraction of sp³-hybridized carbons (Fsp3) is 0.167. The minimum Gasteiger partial charge on any atom is -0.324 e. The van der Waals surface area contributed by atoms with Gasteiger partial charge in [-0.15, -0.1) is 0 Å². The topological polar surface area (TPSA) is 37.8 Å². The van der Waals surface area contributed by atoms with Gasteiger partial charge in [-0.25, -0.2) is 9.97 Å². The van der Waals surface area contributed by atoms with Gasteiger partial charge in [0.05, 0.1) is 5.56 Å². The zero-order valence-electron chi connectivity index (χ0n) is 9.79. The summed E-state index contributed by atoms with van der Waals surface area (Å²) >= 11 is 2.05. The number of alkyl halides is 3. The lowest BCUT2D eigenvalue weighted by atomic mass is 10.1. The second-order valence-electron chi connectivity index (χ2n) is 3.88. The van der Waals surface area contributed by atoms with Crippen LogP contribution in [0.3, 0.4) is 0 Å². The molecule has 1 aromatic carbocycles. The van der Waals surface area contributed by atoms with E-state index in [-0.39, 0.29) is 5.95 Å².